The molecule has 3 rings (SSSR count). The molecule has 0 spiro atoms. The van der Waals surface area contributed by atoms with Gasteiger partial charge in [0.2, 0.25) is 0 Å². The number of fused-ring (bicyclic) bond motifs is 1. The zero-order chi connectivity index (χ0) is 18.1. The van der Waals surface area contributed by atoms with Crippen LogP contribution in [0.15, 0.2) is 45.3 Å². The number of allylic oxidation sites excluding steroid dienone is 5. The van der Waals surface area contributed by atoms with Crippen LogP contribution in [0, 0.1) is 0 Å². The van der Waals surface area contributed by atoms with Crippen LogP contribution in [0.4, 0.5) is 0 Å². The number of rotatable bonds is 3. The summed E-state index contributed by atoms with van der Waals surface area (Å²) in [5, 5.41) is 0. The predicted molar refractivity (Wildman–Crippen MR) is 111 cm³/mol. The average molecular weight is 459 g/mol. The van der Waals surface area contributed by atoms with Gasteiger partial charge in [-0.2, -0.15) is 0 Å². The second kappa shape index (κ2) is 4.50. The molecule has 2 aliphatic carbocycles. The first-order valence-electron chi connectivity index (χ1n) is 8.83. The molecule has 0 fully saturated rings. The SMILES string of the molecule is CC1=Cc2c(C(C)C)cccc2[CH]1[Zr]([CH3])([CH3])(=[SiH2])([Cl])([Cl])[C]1=CC=CC1. The fourth-order valence-electron chi connectivity index (χ4n) is 4.98. The molecular weight excluding hydrogens is 430 g/mol. The fourth-order valence-corrected chi connectivity index (χ4v) is 28.2. The molecule has 1 aromatic rings. The van der Waals surface area contributed by atoms with Gasteiger partial charge >= 0.3 is 150 Å². The Kier molecular flexibility index (Phi) is 3.55. The summed E-state index contributed by atoms with van der Waals surface area (Å²) in [6, 6.07) is 6.64. The van der Waals surface area contributed by atoms with E-state index in [0.29, 0.717) is 5.92 Å². The second-order valence-corrected chi connectivity index (χ2v) is 76.8. The molecule has 2 aliphatic rings. The molecule has 0 heterocycles. The van der Waals surface area contributed by atoms with Gasteiger partial charge < -0.3 is 0 Å². The molecule has 0 nitrogen and oxygen atoms in total. The average Bonchev–Trinajstić information content (AvgIpc) is 3.03. The van der Waals surface area contributed by atoms with Crippen LogP contribution in [0.2, 0.25) is 9.26 Å². The Morgan fingerprint density at radius 2 is 1.88 bits per heavy atom. The van der Waals surface area contributed by atoms with E-state index < -0.39 is 12.0 Å². The number of benzene rings is 1. The van der Waals surface area contributed by atoms with Gasteiger partial charge in [0, 0.05) is 0 Å². The maximum absolute atomic E-state index is 7.79. The summed E-state index contributed by atoms with van der Waals surface area (Å²) in [6.07, 6.45) is 9.65. The van der Waals surface area contributed by atoms with Crippen molar-refractivity contribution in [3.05, 3.63) is 62.0 Å². The van der Waals surface area contributed by atoms with Crippen molar-refractivity contribution in [3.8, 4) is 0 Å². The van der Waals surface area contributed by atoms with Gasteiger partial charge in [-0.3, -0.25) is 0 Å². The third-order valence-corrected chi connectivity index (χ3v) is 31.5. The van der Waals surface area contributed by atoms with Gasteiger partial charge in [-0.15, -0.1) is 0 Å². The quantitative estimate of drug-likeness (QED) is 0.436. The molecule has 0 bridgehead atoms. The summed E-state index contributed by atoms with van der Waals surface area (Å²) in [5.74, 6) is 0.485. The van der Waals surface area contributed by atoms with E-state index in [2.05, 4.69) is 72.5 Å². The molecule has 1 aromatic carbocycles. The maximum atomic E-state index is 7.79. The van der Waals surface area contributed by atoms with Crippen molar-refractivity contribution in [1.82, 2.24) is 0 Å². The van der Waals surface area contributed by atoms with Crippen LogP contribution in [-0.4, -0.2) is 6.88 Å². The molecule has 0 amide bonds. The van der Waals surface area contributed by atoms with Gasteiger partial charge in [0.25, 0.3) is 0 Å². The van der Waals surface area contributed by atoms with Gasteiger partial charge in [-0.25, -0.2) is 0 Å². The van der Waals surface area contributed by atoms with Crippen LogP contribution in [0.5, 0.6) is 0 Å². The molecular formula is C20H28Cl2SiZr. The Bertz CT molecular complexity index is 949. The van der Waals surface area contributed by atoms with Crippen LogP contribution < -0.4 is 0 Å². The molecule has 1 unspecified atom stereocenters. The molecule has 0 radical (unpaired) electrons. The molecule has 0 N–H and O–H groups in total. The van der Waals surface area contributed by atoms with Crippen molar-refractivity contribution in [1.29, 1.82) is 0 Å². The van der Waals surface area contributed by atoms with Crippen molar-refractivity contribution >= 4 is 30.0 Å². The molecule has 0 aliphatic heterocycles. The van der Waals surface area contributed by atoms with Gasteiger partial charge in [0.15, 0.2) is 0 Å². The van der Waals surface area contributed by atoms with Gasteiger partial charge in [0.1, 0.15) is 0 Å². The van der Waals surface area contributed by atoms with Crippen molar-refractivity contribution in [2.45, 2.75) is 46.0 Å². The normalized spacial score (nSPS) is 24.7. The minimum absolute atomic E-state index is 0.0864. The van der Waals surface area contributed by atoms with Gasteiger partial charge in [-0.05, 0) is 0 Å². The zero-order valence-electron chi connectivity index (χ0n) is 15.4. The van der Waals surface area contributed by atoms with Crippen molar-refractivity contribution in [3.63, 3.8) is 0 Å². The molecule has 130 valence electrons. The van der Waals surface area contributed by atoms with E-state index in [1.54, 1.807) is 0 Å². The number of hydrogen-bond acceptors (Lipinski definition) is 0. The monoisotopic (exact) mass is 456 g/mol. The molecule has 0 saturated carbocycles. The first-order valence-corrected chi connectivity index (χ1v) is 28.6. The Balaban J connectivity index is 2.37. The van der Waals surface area contributed by atoms with E-state index in [-0.39, 0.29) is 3.63 Å². The Morgan fingerprint density at radius 1 is 1.21 bits per heavy atom. The predicted octanol–water partition coefficient (Wildman–Crippen LogP) is 6.82. The second-order valence-electron chi connectivity index (χ2n) is 9.96. The van der Waals surface area contributed by atoms with Crippen molar-refractivity contribution in [2.75, 3.05) is 0 Å². The third kappa shape index (κ3) is 2.64. The number of halogens is 2. The summed E-state index contributed by atoms with van der Waals surface area (Å²) in [6.45, 7) is 8.61. The third-order valence-electron chi connectivity index (χ3n) is 6.15. The Hall–Kier alpha value is 0.120. The van der Waals surface area contributed by atoms with E-state index in [0.717, 1.165) is 6.42 Å². The van der Waals surface area contributed by atoms with Crippen molar-refractivity contribution in [2.24, 2.45) is 0 Å². The molecule has 0 aromatic heterocycles. The Labute approximate surface area is 149 Å². The van der Waals surface area contributed by atoms with Crippen LogP contribution in [0.3, 0.4) is 0 Å². The van der Waals surface area contributed by atoms with Crippen LogP contribution in [0.1, 0.15) is 53.4 Å². The molecule has 0 saturated heterocycles. The van der Waals surface area contributed by atoms with E-state index in [4.69, 9.17) is 17.0 Å². The van der Waals surface area contributed by atoms with E-state index in [1.165, 1.54) is 25.5 Å². The summed E-state index contributed by atoms with van der Waals surface area (Å²) in [7, 11) is 15.6. The summed E-state index contributed by atoms with van der Waals surface area (Å²) in [5.41, 5.74) is 5.35. The van der Waals surface area contributed by atoms with E-state index in [1.807, 2.05) is 6.88 Å². The van der Waals surface area contributed by atoms with Crippen molar-refractivity contribution < 1.29 is 12.0 Å². The molecule has 4 heteroatoms. The number of hydrogen-bond donors (Lipinski definition) is 0. The van der Waals surface area contributed by atoms with Crippen LogP contribution in [0.25, 0.3) is 6.08 Å². The van der Waals surface area contributed by atoms with Gasteiger partial charge in [0.05, 0.1) is 0 Å². The topological polar surface area (TPSA) is 0 Å². The van der Waals surface area contributed by atoms with E-state index >= 15 is 0 Å². The summed E-state index contributed by atoms with van der Waals surface area (Å²) < 4.78 is 5.74. The zero-order valence-corrected chi connectivity index (χ0v) is 20.8. The van der Waals surface area contributed by atoms with E-state index in [9.17, 15) is 0 Å². The summed E-state index contributed by atoms with van der Waals surface area (Å²) in [4.78, 5) is 0. The van der Waals surface area contributed by atoms with Gasteiger partial charge in [-0.1, -0.05) is 0 Å². The summed E-state index contributed by atoms with van der Waals surface area (Å²) >= 11 is -5.21. The van der Waals surface area contributed by atoms with Crippen LogP contribution in [-0.2, 0) is 12.0 Å². The molecule has 24 heavy (non-hydrogen) atoms. The van der Waals surface area contributed by atoms with Crippen LogP contribution >= 0.6 is 17.0 Å². The first kappa shape index (κ1) is 18.9. The standard InChI is InChI=1S/C13H15.C5H5.2CH3.2ClH.H2Si.Zr/c1-9(2)12-6-4-5-11-7-10(3)8-13(11)12;1-2-4-5-3-1;;;;;;/h4-9H,1-3H3;1-3H,4H2;2*1H3;2*1H;1H2;/q;;;;;;;+2/p-2. The molecule has 1 atom stereocenters. The fraction of sp³-hybridized carbons (Fsp3) is 0.400. The Morgan fingerprint density at radius 3 is 2.42 bits per heavy atom. The first-order chi connectivity index (χ1) is 10.7. The minimum atomic E-state index is -5.21.